The van der Waals surface area contributed by atoms with E-state index in [1.807, 2.05) is 55.6 Å². The van der Waals surface area contributed by atoms with Crippen LogP contribution >= 0.6 is 11.3 Å². The van der Waals surface area contributed by atoms with Gasteiger partial charge in [-0.15, -0.1) is 11.3 Å². The van der Waals surface area contributed by atoms with Gasteiger partial charge in [0.1, 0.15) is 16.9 Å². The highest BCUT2D eigenvalue weighted by atomic mass is 32.1. The minimum Gasteiger partial charge on any atom is -0.350 e. The minimum absolute atomic E-state index is 0.129. The number of thiophene rings is 1. The van der Waals surface area contributed by atoms with Crippen LogP contribution in [0.4, 0.5) is 0 Å². The van der Waals surface area contributed by atoms with Gasteiger partial charge in [0.05, 0.1) is 11.4 Å². The number of fused-ring (bicyclic) bond motifs is 1. The van der Waals surface area contributed by atoms with Gasteiger partial charge < -0.3 is 10.2 Å². The van der Waals surface area contributed by atoms with Gasteiger partial charge in [-0.05, 0) is 69.0 Å². The first-order chi connectivity index (χ1) is 16.9. The number of benzene rings is 1. The molecule has 0 radical (unpaired) electrons. The van der Waals surface area contributed by atoms with Gasteiger partial charge in [-0.3, -0.25) is 14.3 Å². The number of aromatic nitrogens is 2. The molecule has 1 aliphatic carbocycles. The number of rotatable bonds is 7. The molecule has 3 aromatic rings. The average molecular weight is 489 g/mol. The standard InChI is InChI=1S/C28H32N4O2S/c1-20-8-6-11-22(16-20)18-29-27(34)28(2)19-32-24(17-23(30-32)25-12-7-15-35-25)26(33)31(28)14-13-21-9-4-3-5-10-21/h6-9,11-12,15-17H,3-5,10,13-14,18-19H2,1-2H3,(H,29,34)/t28-/m0/s1. The van der Waals surface area contributed by atoms with Crippen molar-refractivity contribution >= 4 is 23.2 Å². The highest BCUT2D eigenvalue weighted by molar-refractivity contribution is 7.13. The molecule has 7 heteroatoms. The Morgan fingerprint density at radius 1 is 1.20 bits per heavy atom. The molecule has 35 heavy (non-hydrogen) atoms. The Hall–Kier alpha value is -3.19. The molecule has 1 atom stereocenters. The van der Waals surface area contributed by atoms with Crippen molar-refractivity contribution in [2.24, 2.45) is 0 Å². The predicted molar refractivity (Wildman–Crippen MR) is 139 cm³/mol. The number of hydrogen-bond acceptors (Lipinski definition) is 4. The summed E-state index contributed by atoms with van der Waals surface area (Å²) >= 11 is 1.60. The van der Waals surface area contributed by atoms with Crippen molar-refractivity contribution in [2.75, 3.05) is 6.54 Å². The zero-order valence-electron chi connectivity index (χ0n) is 20.4. The Morgan fingerprint density at radius 2 is 2.09 bits per heavy atom. The number of hydrogen-bond donors (Lipinski definition) is 1. The van der Waals surface area contributed by atoms with Crippen LogP contribution in [0.5, 0.6) is 0 Å². The van der Waals surface area contributed by atoms with E-state index in [1.54, 1.807) is 20.9 Å². The van der Waals surface area contributed by atoms with E-state index in [2.05, 4.69) is 17.5 Å². The Bertz CT molecular complexity index is 1260. The van der Waals surface area contributed by atoms with Crippen LogP contribution in [0.15, 0.2) is 59.5 Å². The molecule has 0 fully saturated rings. The summed E-state index contributed by atoms with van der Waals surface area (Å²) in [6.45, 7) is 5.20. The maximum absolute atomic E-state index is 13.8. The van der Waals surface area contributed by atoms with Crippen LogP contribution in [0.2, 0.25) is 0 Å². The van der Waals surface area contributed by atoms with Gasteiger partial charge in [-0.25, -0.2) is 0 Å². The SMILES string of the molecule is Cc1cccc(CNC(=O)[C@]2(C)Cn3nc(-c4cccs4)cc3C(=O)N2CCC2=CCCCC2)c1. The van der Waals surface area contributed by atoms with Gasteiger partial charge in [0.15, 0.2) is 0 Å². The quantitative estimate of drug-likeness (QED) is 0.457. The first kappa shape index (κ1) is 23.5. The molecule has 5 rings (SSSR count). The van der Waals surface area contributed by atoms with Crippen molar-refractivity contribution < 1.29 is 9.59 Å². The van der Waals surface area contributed by atoms with Crippen molar-refractivity contribution in [3.05, 3.63) is 76.3 Å². The Labute approximate surface area is 210 Å². The van der Waals surface area contributed by atoms with Crippen molar-refractivity contribution in [3.8, 4) is 10.6 Å². The highest BCUT2D eigenvalue weighted by Crippen LogP contribution is 2.32. The fraction of sp³-hybridized carbons (Fsp3) is 0.393. The molecule has 0 saturated heterocycles. The molecule has 2 amide bonds. The molecule has 2 aromatic heterocycles. The number of allylic oxidation sites excluding steroid dienone is 1. The molecule has 1 aromatic carbocycles. The third-order valence-corrected chi connectivity index (χ3v) is 8.03. The second-order valence-corrected chi connectivity index (χ2v) is 10.8. The smallest absolute Gasteiger partial charge is 0.273 e. The number of amides is 2. The topological polar surface area (TPSA) is 67.2 Å². The van der Waals surface area contributed by atoms with Crippen LogP contribution in [0.1, 0.15) is 60.6 Å². The summed E-state index contributed by atoms with van der Waals surface area (Å²) < 4.78 is 1.72. The van der Waals surface area contributed by atoms with Crippen molar-refractivity contribution in [2.45, 2.75) is 64.6 Å². The normalized spacial score (nSPS) is 19.9. The van der Waals surface area contributed by atoms with Crippen LogP contribution in [0.25, 0.3) is 10.6 Å². The molecule has 1 N–H and O–H groups in total. The number of nitrogens with zero attached hydrogens (tertiary/aromatic N) is 3. The van der Waals surface area contributed by atoms with Gasteiger partial charge in [-0.2, -0.15) is 5.10 Å². The first-order valence-electron chi connectivity index (χ1n) is 12.4. The van der Waals surface area contributed by atoms with Gasteiger partial charge in [0.25, 0.3) is 5.91 Å². The van der Waals surface area contributed by atoms with Crippen LogP contribution in [-0.2, 0) is 17.9 Å². The van der Waals surface area contributed by atoms with Crippen LogP contribution in [0.3, 0.4) is 0 Å². The Kier molecular flexibility index (Phi) is 6.60. The molecule has 0 saturated carbocycles. The second kappa shape index (κ2) is 9.82. The molecule has 6 nitrogen and oxygen atoms in total. The summed E-state index contributed by atoms with van der Waals surface area (Å²) in [5, 5.41) is 9.83. The lowest BCUT2D eigenvalue weighted by molar-refractivity contribution is -0.133. The molecule has 0 bridgehead atoms. The first-order valence-corrected chi connectivity index (χ1v) is 13.3. The van der Waals surface area contributed by atoms with E-state index in [9.17, 15) is 9.59 Å². The largest absolute Gasteiger partial charge is 0.350 e. The van der Waals surface area contributed by atoms with Gasteiger partial charge in [0, 0.05) is 13.1 Å². The van der Waals surface area contributed by atoms with E-state index >= 15 is 0 Å². The molecular weight excluding hydrogens is 456 g/mol. The van der Waals surface area contributed by atoms with E-state index in [-0.39, 0.29) is 11.8 Å². The number of aryl methyl sites for hydroxylation is 1. The fourth-order valence-corrected chi connectivity index (χ4v) is 5.80. The van der Waals surface area contributed by atoms with Crippen LogP contribution in [0, 0.1) is 6.92 Å². The van der Waals surface area contributed by atoms with Crippen molar-refractivity contribution in [3.63, 3.8) is 0 Å². The summed E-state index contributed by atoms with van der Waals surface area (Å²) in [5.74, 6) is -0.278. The Balaban J connectivity index is 1.42. The lowest BCUT2D eigenvalue weighted by Crippen LogP contribution is -2.64. The third-order valence-electron chi connectivity index (χ3n) is 7.14. The van der Waals surface area contributed by atoms with Gasteiger partial charge in [0.2, 0.25) is 5.91 Å². The molecule has 0 spiro atoms. The van der Waals surface area contributed by atoms with E-state index in [1.165, 1.54) is 18.4 Å². The van der Waals surface area contributed by atoms with E-state index < -0.39 is 5.54 Å². The lowest BCUT2D eigenvalue weighted by Gasteiger charge is -2.43. The third kappa shape index (κ3) is 4.82. The summed E-state index contributed by atoms with van der Waals surface area (Å²) in [4.78, 5) is 30.3. The lowest BCUT2D eigenvalue weighted by atomic mass is 9.92. The van der Waals surface area contributed by atoms with Crippen LogP contribution in [-0.4, -0.2) is 38.6 Å². The number of nitrogens with one attached hydrogen (secondary N) is 1. The number of carbonyl (C=O) groups is 2. The molecule has 2 aliphatic rings. The molecule has 3 heterocycles. The zero-order valence-corrected chi connectivity index (χ0v) is 21.2. The summed E-state index contributed by atoms with van der Waals surface area (Å²) in [7, 11) is 0. The zero-order chi connectivity index (χ0) is 24.4. The predicted octanol–water partition coefficient (Wildman–Crippen LogP) is 5.34. The van der Waals surface area contributed by atoms with Crippen molar-refractivity contribution in [1.82, 2.24) is 20.0 Å². The molecule has 0 unspecified atom stereocenters. The fourth-order valence-electron chi connectivity index (χ4n) is 5.12. The minimum atomic E-state index is -1.03. The van der Waals surface area contributed by atoms with Crippen molar-refractivity contribution in [1.29, 1.82) is 0 Å². The van der Waals surface area contributed by atoms with E-state index in [0.29, 0.717) is 25.3 Å². The van der Waals surface area contributed by atoms with E-state index in [4.69, 9.17) is 5.10 Å². The summed E-state index contributed by atoms with van der Waals surface area (Å²) in [6.07, 6.45) is 7.73. The monoisotopic (exact) mass is 488 g/mol. The molecule has 182 valence electrons. The summed E-state index contributed by atoms with van der Waals surface area (Å²) in [5.41, 5.74) is 3.90. The molecular formula is C28H32N4O2S. The average Bonchev–Trinajstić information content (AvgIpc) is 3.53. The van der Waals surface area contributed by atoms with Gasteiger partial charge >= 0.3 is 0 Å². The van der Waals surface area contributed by atoms with Crippen LogP contribution < -0.4 is 5.32 Å². The maximum Gasteiger partial charge on any atom is 0.273 e. The Morgan fingerprint density at radius 3 is 2.83 bits per heavy atom. The highest BCUT2D eigenvalue weighted by Gasteiger charge is 2.47. The molecule has 1 aliphatic heterocycles. The number of carbonyl (C=O) groups excluding carboxylic acids is 2. The second-order valence-electron chi connectivity index (χ2n) is 9.81. The van der Waals surface area contributed by atoms with E-state index in [0.717, 1.165) is 41.0 Å². The van der Waals surface area contributed by atoms with Gasteiger partial charge in [-0.1, -0.05) is 47.5 Å². The summed E-state index contributed by atoms with van der Waals surface area (Å²) in [6, 6.07) is 14.0. The maximum atomic E-state index is 13.8.